The molecule has 0 saturated carbocycles. The molecule has 5 rings (SSSR count). The molecule has 0 radical (unpaired) electrons. The van der Waals surface area contributed by atoms with E-state index in [1.807, 2.05) is 6.07 Å². The van der Waals surface area contributed by atoms with Gasteiger partial charge in [-0.2, -0.15) is 0 Å². The van der Waals surface area contributed by atoms with Gasteiger partial charge >= 0.3 is 0 Å². The number of halogens is 1. The van der Waals surface area contributed by atoms with E-state index in [-0.39, 0.29) is 42.9 Å². The predicted molar refractivity (Wildman–Crippen MR) is 107 cm³/mol. The zero-order valence-electron chi connectivity index (χ0n) is 16.9. The zero-order valence-corrected chi connectivity index (χ0v) is 16.9. The van der Waals surface area contributed by atoms with Crippen LogP contribution in [0.25, 0.3) is 0 Å². The first kappa shape index (κ1) is 19.4. The second kappa shape index (κ2) is 7.01. The van der Waals surface area contributed by atoms with E-state index in [9.17, 15) is 23.6 Å². The van der Waals surface area contributed by atoms with Crippen molar-refractivity contribution in [1.82, 2.24) is 15.1 Å². The van der Waals surface area contributed by atoms with Crippen LogP contribution in [0.1, 0.15) is 63.2 Å². The van der Waals surface area contributed by atoms with Gasteiger partial charge in [0.05, 0.1) is 6.04 Å². The lowest BCUT2D eigenvalue weighted by Gasteiger charge is -2.29. The van der Waals surface area contributed by atoms with Gasteiger partial charge in [-0.1, -0.05) is 12.1 Å². The Morgan fingerprint density at radius 2 is 1.90 bits per heavy atom. The van der Waals surface area contributed by atoms with Gasteiger partial charge in [0, 0.05) is 36.2 Å². The normalized spacial score (nSPS) is 22.5. The summed E-state index contributed by atoms with van der Waals surface area (Å²) in [5.41, 5.74) is 2.86. The van der Waals surface area contributed by atoms with E-state index in [0.29, 0.717) is 28.8 Å². The van der Waals surface area contributed by atoms with Crippen LogP contribution < -0.4 is 5.32 Å². The molecule has 0 aliphatic carbocycles. The third-order valence-electron chi connectivity index (χ3n) is 6.40. The zero-order chi connectivity index (χ0) is 21.9. The molecule has 0 bridgehead atoms. The van der Waals surface area contributed by atoms with Gasteiger partial charge in [-0.3, -0.25) is 24.5 Å². The monoisotopic (exact) mass is 421 g/mol. The Hall–Kier alpha value is -3.55. The number of hydrogen-bond acceptors (Lipinski definition) is 4. The summed E-state index contributed by atoms with van der Waals surface area (Å²) in [6.45, 7) is 2.33. The molecule has 3 aliphatic rings. The highest BCUT2D eigenvalue weighted by Gasteiger charge is 2.40. The second-order valence-corrected chi connectivity index (χ2v) is 8.19. The molecule has 1 fully saturated rings. The number of fused-ring (bicyclic) bond motifs is 2. The highest BCUT2D eigenvalue weighted by molar-refractivity contribution is 6.06. The lowest BCUT2D eigenvalue weighted by molar-refractivity contribution is -0.136. The molecule has 31 heavy (non-hydrogen) atoms. The van der Waals surface area contributed by atoms with Gasteiger partial charge in [-0.05, 0) is 48.7 Å². The van der Waals surface area contributed by atoms with E-state index < -0.39 is 18.0 Å². The molecule has 3 aliphatic heterocycles. The summed E-state index contributed by atoms with van der Waals surface area (Å²) in [5, 5.41) is 2.28. The molecule has 1 saturated heterocycles. The van der Waals surface area contributed by atoms with Gasteiger partial charge in [0.1, 0.15) is 11.9 Å². The van der Waals surface area contributed by atoms with E-state index in [1.165, 1.54) is 11.0 Å². The minimum atomic E-state index is -0.701. The van der Waals surface area contributed by atoms with Crippen molar-refractivity contribution in [3.63, 3.8) is 0 Å². The number of carbonyl (C=O) groups excluding carboxylic acids is 4. The molecule has 2 aromatic carbocycles. The van der Waals surface area contributed by atoms with Crippen molar-refractivity contribution in [2.24, 2.45) is 0 Å². The summed E-state index contributed by atoms with van der Waals surface area (Å²) in [7, 11) is 0. The fourth-order valence-corrected chi connectivity index (χ4v) is 4.78. The lowest BCUT2D eigenvalue weighted by Crippen LogP contribution is -2.52. The summed E-state index contributed by atoms with van der Waals surface area (Å²) < 4.78 is 14.2. The second-order valence-electron chi connectivity index (χ2n) is 8.19. The number of piperidine rings is 1. The molecule has 2 unspecified atom stereocenters. The first-order valence-corrected chi connectivity index (χ1v) is 10.2. The van der Waals surface area contributed by atoms with E-state index in [1.54, 1.807) is 36.1 Å². The molecule has 2 atom stereocenters. The minimum Gasteiger partial charge on any atom is -0.327 e. The van der Waals surface area contributed by atoms with Crippen molar-refractivity contribution >= 4 is 23.6 Å². The minimum absolute atomic E-state index is 0.185. The Balaban J connectivity index is 1.38. The molecule has 158 valence electrons. The number of rotatable bonds is 2. The SMILES string of the molecule is CC1c2c(F)cccc2CN1C(=O)c1ccc2c(c1)CN(C1CCC(=O)NC1=O)C2=O. The van der Waals surface area contributed by atoms with Crippen LogP contribution in [0.15, 0.2) is 36.4 Å². The molecule has 4 amide bonds. The predicted octanol–water partition coefficient (Wildman–Crippen LogP) is 2.30. The standard InChI is InChI=1S/C23H20FN3O4/c1-12-20-14(3-2-4-17(20)24)10-26(12)22(30)13-5-6-16-15(9-13)11-27(23(16)31)18-7-8-19(28)25-21(18)29/h2-6,9,12,18H,7-8,10-11H2,1H3,(H,25,28,29). The van der Waals surface area contributed by atoms with Crippen LogP contribution in [-0.2, 0) is 22.7 Å². The molecule has 2 aromatic rings. The van der Waals surface area contributed by atoms with E-state index >= 15 is 0 Å². The Morgan fingerprint density at radius 3 is 2.65 bits per heavy atom. The number of carbonyl (C=O) groups is 4. The fraction of sp³-hybridized carbons (Fsp3) is 0.304. The number of amides is 4. The van der Waals surface area contributed by atoms with Crippen LogP contribution >= 0.6 is 0 Å². The van der Waals surface area contributed by atoms with Gasteiger partial charge in [-0.25, -0.2) is 4.39 Å². The number of hydrogen-bond donors (Lipinski definition) is 1. The Morgan fingerprint density at radius 1 is 1.10 bits per heavy atom. The van der Waals surface area contributed by atoms with Crippen LogP contribution in [0.4, 0.5) is 4.39 Å². The molecule has 0 aromatic heterocycles. The van der Waals surface area contributed by atoms with Gasteiger partial charge in [0.2, 0.25) is 11.8 Å². The van der Waals surface area contributed by atoms with Crippen LogP contribution in [0.5, 0.6) is 0 Å². The van der Waals surface area contributed by atoms with Gasteiger partial charge < -0.3 is 9.80 Å². The first-order chi connectivity index (χ1) is 14.8. The van der Waals surface area contributed by atoms with Gasteiger partial charge in [0.15, 0.2) is 0 Å². The van der Waals surface area contributed by atoms with Crippen molar-refractivity contribution in [3.05, 3.63) is 70.0 Å². The average Bonchev–Trinajstić information content (AvgIpc) is 3.25. The molecule has 7 nitrogen and oxygen atoms in total. The Kier molecular flexibility index (Phi) is 4.39. The van der Waals surface area contributed by atoms with Crippen molar-refractivity contribution in [3.8, 4) is 0 Å². The summed E-state index contributed by atoms with van der Waals surface area (Å²) in [5.74, 6) is -1.65. The summed E-state index contributed by atoms with van der Waals surface area (Å²) >= 11 is 0. The Bertz CT molecular complexity index is 1160. The summed E-state index contributed by atoms with van der Waals surface area (Å²) in [6.07, 6.45) is 0.468. The number of benzene rings is 2. The first-order valence-electron chi connectivity index (χ1n) is 10.2. The molecule has 1 N–H and O–H groups in total. The maximum atomic E-state index is 14.2. The highest BCUT2D eigenvalue weighted by Crippen LogP contribution is 2.36. The van der Waals surface area contributed by atoms with Crippen LogP contribution in [0, 0.1) is 5.82 Å². The highest BCUT2D eigenvalue weighted by atomic mass is 19.1. The van der Waals surface area contributed by atoms with Crippen LogP contribution in [0.3, 0.4) is 0 Å². The maximum absolute atomic E-state index is 14.2. The molecule has 0 spiro atoms. The number of imide groups is 1. The third-order valence-corrected chi connectivity index (χ3v) is 6.40. The van der Waals surface area contributed by atoms with E-state index in [4.69, 9.17) is 0 Å². The van der Waals surface area contributed by atoms with Crippen molar-refractivity contribution in [2.45, 2.75) is 44.9 Å². The summed E-state index contributed by atoms with van der Waals surface area (Å²) in [4.78, 5) is 52.7. The maximum Gasteiger partial charge on any atom is 0.255 e. The molecule has 8 heteroatoms. The van der Waals surface area contributed by atoms with E-state index in [2.05, 4.69) is 5.32 Å². The van der Waals surface area contributed by atoms with Crippen molar-refractivity contribution in [2.75, 3.05) is 0 Å². The molecular formula is C23H20FN3O4. The average molecular weight is 421 g/mol. The smallest absolute Gasteiger partial charge is 0.255 e. The van der Waals surface area contributed by atoms with Gasteiger partial charge in [0.25, 0.3) is 11.8 Å². The number of nitrogens with zero attached hydrogens (tertiary/aromatic N) is 2. The van der Waals surface area contributed by atoms with E-state index in [0.717, 1.165) is 5.56 Å². The Labute approximate surface area is 177 Å². The quantitative estimate of drug-likeness (QED) is 0.754. The van der Waals surface area contributed by atoms with Crippen LogP contribution in [0.2, 0.25) is 0 Å². The van der Waals surface area contributed by atoms with Gasteiger partial charge in [-0.15, -0.1) is 0 Å². The molecular weight excluding hydrogens is 401 g/mol. The number of nitrogens with one attached hydrogen (secondary N) is 1. The largest absolute Gasteiger partial charge is 0.327 e. The summed E-state index contributed by atoms with van der Waals surface area (Å²) in [6, 6.07) is 8.64. The topological polar surface area (TPSA) is 86.8 Å². The molecule has 3 heterocycles. The van der Waals surface area contributed by atoms with Crippen molar-refractivity contribution < 1.29 is 23.6 Å². The van der Waals surface area contributed by atoms with Crippen LogP contribution in [-0.4, -0.2) is 39.5 Å². The third kappa shape index (κ3) is 3.01. The fourth-order valence-electron chi connectivity index (χ4n) is 4.78. The van der Waals surface area contributed by atoms with Crippen molar-refractivity contribution in [1.29, 1.82) is 0 Å². The lowest BCUT2D eigenvalue weighted by atomic mass is 10.0.